The standard InChI is InChI=1S/3C35H20N4O/c36-21-28-33(22-11-3-1-4-12-22)37-34(23-13-5-2-6-14-23)38-35(28)39-29-17-9-7-15-24(29)26-19-27-25-16-8-10-18-31(25)40-32(27)20-30(26)39;36-21-27-32(22-11-3-1-4-12-22)37-34(23-13-5-2-6-14-23)38-35(27)39-28-17-9-7-15-24(28)25-19-20-30-31(33(25)39)26-16-8-10-18-29(26)40-30;36-21-28-31(22-11-3-1-4-12-22)37-34(23-13-5-2-6-14-23)38-35(28)39-29-17-9-7-15-24(29)26-19-20-27-25-16-8-10-18-30(25)40-33(27)32(26)39/h3*1-20H. The van der Waals surface area contributed by atoms with Gasteiger partial charge in [0, 0.05) is 98.7 Å². The van der Waals surface area contributed by atoms with Gasteiger partial charge in [0.1, 0.15) is 62.8 Å². The van der Waals surface area contributed by atoms with Gasteiger partial charge in [-0.1, -0.05) is 297 Å². The van der Waals surface area contributed by atoms with E-state index in [2.05, 4.69) is 117 Å². The number of fused-ring (bicyclic) bond motifs is 20. The Morgan fingerprint density at radius 1 is 0.217 bits per heavy atom. The minimum atomic E-state index is 0.404. The quantitative estimate of drug-likeness (QED) is 0.132. The van der Waals surface area contributed by atoms with Crippen LogP contribution in [0.25, 0.3) is 217 Å². The third-order valence-electron chi connectivity index (χ3n) is 22.4. The normalized spacial score (nSPS) is 11.5. The van der Waals surface area contributed by atoms with Gasteiger partial charge >= 0.3 is 0 Å². The van der Waals surface area contributed by atoms with Crippen LogP contribution in [0.5, 0.6) is 0 Å². The Morgan fingerprint density at radius 2 is 0.542 bits per heavy atom. The third-order valence-corrected chi connectivity index (χ3v) is 22.4. The maximum atomic E-state index is 10.6. The summed E-state index contributed by atoms with van der Waals surface area (Å²) in [6.07, 6.45) is 0. The lowest BCUT2D eigenvalue weighted by atomic mass is 10.1. The van der Waals surface area contributed by atoms with Crippen LogP contribution >= 0.6 is 0 Å². The molecule has 0 N–H and O–H groups in total. The lowest BCUT2D eigenvalue weighted by molar-refractivity contribution is 0.669. The molecule has 0 bridgehead atoms. The summed E-state index contributed by atoms with van der Waals surface area (Å²) in [5.41, 5.74) is 18.7. The first-order valence-electron chi connectivity index (χ1n) is 39.2. The highest BCUT2D eigenvalue weighted by molar-refractivity contribution is 6.25. The molecule has 0 fully saturated rings. The second kappa shape index (κ2) is 28.7. The highest BCUT2D eigenvalue weighted by Gasteiger charge is 2.29. The average Bonchev–Trinajstić information content (AvgIpc) is 1.54. The number of benzene rings is 15. The maximum Gasteiger partial charge on any atom is 0.162 e. The van der Waals surface area contributed by atoms with Crippen LogP contribution < -0.4 is 0 Å². The zero-order chi connectivity index (χ0) is 79.9. The molecule has 0 saturated heterocycles. The molecule has 0 aliphatic heterocycles. The SMILES string of the molecule is N#Cc1c(-c2ccccc2)nc(-c2ccccc2)nc1-n1c2ccccc2c2cc3c(cc21)oc1ccccc13.N#Cc1c(-c2ccccc2)nc(-c2ccccc2)nc1-n1c2ccccc2c2ccc3c4ccccc4oc3c21.N#Cc1c(-c2ccccc2)nc(-c2ccccc2)nc1-n1c2ccccc2c2ccc3oc4ccccc4c3c21. The lowest BCUT2D eigenvalue weighted by Crippen LogP contribution is -2.07. The van der Waals surface area contributed by atoms with Crippen LogP contribution in [0.15, 0.2) is 377 Å². The van der Waals surface area contributed by atoms with E-state index in [1.54, 1.807) is 0 Å². The molecule has 558 valence electrons. The number of hydrogen-bond donors (Lipinski definition) is 0. The second-order valence-electron chi connectivity index (χ2n) is 29.2. The molecule has 0 aliphatic carbocycles. The molecule has 0 amide bonds. The molecule has 15 aromatic carbocycles. The van der Waals surface area contributed by atoms with Gasteiger partial charge in [-0.3, -0.25) is 13.7 Å². The Labute approximate surface area is 683 Å². The molecular weight excluding hydrogens is 1480 g/mol. The molecule has 0 atom stereocenters. The molecule has 9 heterocycles. The summed E-state index contributed by atoms with van der Waals surface area (Å²) in [4.78, 5) is 30.1. The van der Waals surface area contributed by atoms with Crippen molar-refractivity contribution in [2.24, 2.45) is 0 Å². The molecule has 0 saturated carbocycles. The Hall–Kier alpha value is -17.2. The van der Waals surface area contributed by atoms with Crippen molar-refractivity contribution >= 4 is 131 Å². The van der Waals surface area contributed by atoms with Crippen molar-refractivity contribution in [3.05, 3.63) is 381 Å². The molecule has 0 aliphatic rings. The van der Waals surface area contributed by atoms with Crippen molar-refractivity contribution in [3.8, 4) is 104 Å². The summed E-state index contributed by atoms with van der Waals surface area (Å²) in [7, 11) is 0. The first-order chi connectivity index (χ1) is 59.4. The molecule has 24 aromatic rings. The van der Waals surface area contributed by atoms with E-state index in [9.17, 15) is 15.8 Å². The minimum Gasteiger partial charge on any atom is -0.456 e. The summed E-state index contributed by atoms with van der Waals surface area (Å²) in [5.74, 6) is 3.27. The topological polar surface area (TPSA) is 203 Å². The second-order valence-corrected chi connectivity index (χ2v) is 29.2. The number of nitrogens with zero attached hydrogens (tertiary/aromatic N) is 12. The zero-order valence-corrected chi connectivity index (χ0v) is 63.7. The van der Waals surface area contributed by atoms with E-state index >= 15 is 0 Å². The van der Waals surface area contributed by atoms with Crippen molar-refractivity contribution in [3.63, 3.8) is 0 Å². The lowest BCUT2D eigenvalue weighted by Gasteiger charge is -2.15. The summed E-state index contributed by atoms with van der Waals surface area (Å²) in [6.45, 7) is 0. The maximum absolute atomic E-state index is 10.6. The van der Waals surface area contributed by atoms with E-state index in [-0.39, 0.29) is 0 Å². The van der Waals surface area contributed by atoms with Crippen LogP contribution in [0.1, 0.15) is 16.7 Å². The fraction of sp³-hybridized carbons (Fsp3) is 0. The number of furan rings is 3. The molecule has 0 radical (unpaired) electrons. The van der Waals surface area contributed by atoms with E-state index in [1.807, 2.05) is 279 Å². The highest BCUT2D eigenvalue weighted by Crippen LogP contribution is 2.46. The van der Waals surface area contributed by atoms with Gasteiger partial charge < -0.3 is 13.3 Å². The minimum absolute atomic E-state index is 0.404. The van der Waals surface area contributed by atoms with Gasteiger partial charge in [-0.05, 0) is 60.7 Å². The summed E-state index contributed by atoms with van der Waals surface area (Å²) in [6, 6.07) is 128. The van der Waals surface area contributed by atoms with Gasteiger partial charge in [-0.15, -0.1) is 0 Å². The van der Waals surface area contributed by atoms with Crippen LogP contribution in [0.4, 0.5) is 0 Å². The fourth-order valence-electron chi connectivity index (χ4n) is 17.1. The molecule has 0 unspecified atom stereocenters. The summed E-state index contributed by atoms with van der Waals surface area (Å²) < 4.78 is 25.3. The van der Waals surface area contributed by atoms with E-state index in [1.165, 1.54) is 0 Å². The van der Waals surface area contributed by atoms with Crippen molar-refractivity contribution in [2.45, 2.75) is 0 Å². The van der Waals surface area contributed by atoms with Gasteiger partial charge in [0.15, 0.2) is 40.5 Å². The van der Waals surface area contributed by atoms with Crippen molar-refractivity contribution in [1.82, 2.24) is 43.6 Å². The number of rotatable bonds is 9. The number of hydrogen-bond acceptors (Lipinski definition) is 12. The van der Waals surface area contributed by atoms with E-state index in [0.717, 1.165) is 165 Å². The first-order valence-corrected chi connectivity index (χ1v) is 39.2. The van der Waals surface area contributed by atoms with Crippen molar-refractivity contribution in [1.29, 1.82) is 15.8 Å². The Bertz CT molecular complexity index is 8360. The predicted octanol–water partition coefficient (Wildman–Crippen LogP) is 26.0. The molecule has 9 aromatic heterocycles. The Kier molecular flexibility index (Phi) is 16.6. The van der Waals surface area contributed by atoms with Gasteiger partial charge in [0.05, 0.1) is 55.6 Å². The first kappa shape index (κ1) is 69.5. The van der Waals surface area contributed by atoms with Crippen molar-refractivity contribution in [2.75, 3.05) is 0 Å². The monoisotopic (exact) mass is 1540 g/mol. The number of para-hydroxylation sites is 6. The fourth-order valence-corrected chi connectivity index (χ4v) is 17.1. The molecule has 120 heavy (non-hydrogen) atoms. The van der Waals surface area contributed by atoms with E-state index < -0.39 is 0 Å². The van der Waals surface area contributed by atoms with Crippen LogP contribution in [-0.4, -0.2) is 43.6 Å². The predicted molar refractivity (Wildman–Crippen MR) is 478 cm³/mol. The number of nitriles is 3. The summed E-state index contributed by atoms with van der Waals surface area (Å²) >= 11 is 0. The van der Waals surface area contributed by atoms with Gasteiger partial charge in [-0.25, -0.2) is 29.9 Å². The van der Waals surface area contributed by atoms with Gasteiger partial charge in [-0.2, -0.15) is 15.8 Å². The van der Waals surface area contributed by atoms with E-state index in [4.69, 9.17) is 43.2 Å². The van der Waals surface area contributed by atoms with E-state index in [0.29, 0.717) is 68.7 Å². The average molecular weight is 1540 g/mol. The van der Waals surface area contributed by atoms with Crippen molar-refractivity contribution < 1.29 is 13.3 Å². The molecule has 15 nitrogen and oxygen atoms in total. The molecule has 24 rings (SSSR count). The van der Waals surface area contributed by atoms with Crippen LogP contribution in [0.2, 0.25) is 0 Å². The number of aromatic nitrogens is 9. The van der Waals surface area contributed by atoms with Crippen LogP contribution in [0.3, 0.4) is 0 Å². The zero-order valence-electron chi connectivity index (χ0n) is 63.7. The van der Waals surface area contributed by atoms with Gasteiger partial charge in [0.25, 0.3) is 0 Å². The van der Waals surface area contributed by atoms with Crippen LogP contribution in [-0.2, 0) is 0 Å². The van der Waals surface area contributed by atoms with Gasteiger partial charge in [0.2, 0.25) is 0 Å². The molecule has 15 heteroatoms. The smallest absolute Gasteiger partial charge is 0.162 e. The summed E-state index contributed by atoms with van der Waals surface area (Å²) in [5, 5.41) is 44.5. The Morgan fingerprint density at radius 3 is 1.00 bits per heavy atom. The molecular formula is C105H60N12O3. The van der Waals surface area contributed by atoms with Crippen LogP contribution in [0, 0.1) is 34.0 Å². The third kappa shape index (κ3) is 11.4. The Balaban J connectivity index is 0.000000108. The highest BCUT2D eigenvalue weighted by atomic mass is 16.3. The molecule has 0 spiro atoms. The largest absolute Gasteiger partial charge is 0.456 e.